The van der Waals surface area contributed by atoms with Gasteiger partial charge in [0.25, 0.3) is 0 Å². The molecule has 0 atom stereocenters. The average Bonchev–Trinajstić information content (AvgIpc) is 2.14. The summed E-state index contributed by atoms with van der Waals surface area (Å²) in [6.07, 6.45) is 0.756. The number of carbonyl (C=O) groups excluding carboxylic acids is 1. The fraction of sp³-hybridized carbons (Fsp3) is 0. The number of thiophene rings is 1. The Hall–Kier alpha value is -0.830. The van der Waals surface area contributed by atoms with E-state index >= 15 is 0 Å². The number of carbonyl (C=O) groups is 1. The van der Waals surface area contributed by atoms with Gasteiger partial charge in [-0.15, -0.1) is 11.3 Å². The molecule has 3 heteroatoms. The molecule has 42 valence electrons. The second-order valence-corrected chi connectivity index (χ2v) is 2.14. The first kappa shape index (κ1) is 5.31. The summed E-state index contributed by atoms with van der Waals surface area (Å²) in [4.78, 5) is 10.0. The van der Waals surface area contributed by atoms with E-state index in [0.717, 1.165) is 6.29 Å². The number of nitrogen functional groups attached to an aromatic ring is 1. The fourth-order valence-electron chi connectivity index (χ4n) is 0.413. The van der Waals surface area contributed by atoms with Gasteiger partial charge in [-0.3, -0.25) is 4.79 Å². The smallest absolute Gasteiger partial charge is 0.152 e. The second-order valence-electron chi connectivity index (χ2n) is 1.40. The highest BCUT2D eigenvalue weighted by molar-refractivity contribution is 7.08. The van der Waals surface area contributed by atoms with E-state index in [4.69, 9.17) is 5.73 Å². The van der Waals surface area contributed by atoms with Crippen LogP contribution >= 0.6 is 11.3 Å². The molecule has 2 N–H and O–H groups in total. The van der Waals surface area contributed by atoms with Gasteiger partial charge in [0.15, 0.2) is 6.29 Å². The van der Waals surface area contributed by atoms with Crippen molar-refractivity contribution in [3.05, 3.63) is 16.3 Å². The molecular formula is C5H5NOS. The molecule has 0 fully saturated rings. The maximum absolute atomic E-state index is 10.0. The van der Waals surface area contributed by atoms with Crippen LogP contribution in [0.2, 0.25) is 0 Å². The number of hydrogen-bond donors (Lipinski definition) is 1. The van der Waals surface area contributed by atoms with Crippen LogP contribution in [0.15, 0.2) is 10.8 Å². The van der Waals surface area contributed by atoms with Gasteiger partial charge in [-0.1, -0.05) is 0 Å². The highest BCUT2D eigenvalue weighted by atomic mass is 32.1. The summed E-state index contributed by atoms with van der Waals surface area (Å²) in [5.41, 5.74) is 6.50. The van der Waals surface area contributed by atoms with E-state index in [1.54, 1.807) is 10.8 Å². The molecular weight excluding hydrogens is 122 g/mol. The van der Waals surface area contributed by atoms with Gasteiger partial charge in [0.05, 0.1) is 5.69 Å². The van der Waals surface area contributed by atoms with Gasteiger partial charge in [0.2, 0.25) is 0 Å². The van der Waals surface area contributed by atoms with E-state index in [0.29, 0.717) is 11.3 Å². The topological polar surface area (TPSA) is 43.1 Å². The Morgan fingerprint density at radius 1 is 1.62 bits per heavy atom. The summed E-state index contributed by atoms with van der Waals surface area (Å²) in [5, 5.41) is 3.46. The monoisotopic (exact) mass is 127 g/mol. The Kier molecular flexibility index (Phi) is 1.30. The Bertz CT molecular complexity index is 194. The molecule has 1 heterocycles. The summed E-state index contributed by atoms with van der Waals surface area (Å²) in [7, 11) is 0. The standard InChI is InChI=1S/C5H5NOS/c6-5-3-8-2-4(5)1-7/h1-3H,6H2. The van der Waals surface area contributed by atoms with E-state index in [-0.39, 0.29) is 0 Å². The van der Waals surface area contributed by atoms with E-state index in [9.17, 15) is 4.79 Å². The quantitative estimate of drug-likeness (QED) is 0.575. The van der Waals surface area contributed by atoms with Gasteiger partial charge in [-0.2, -0.15) is 0 Å². The van der Waals surface area contributed by atoms with E-state index in [2.05, 4.69) is 0 Å². The van der Waals surface area contributed by atoms with Crippen LogP contribution in [0.4, 0.5) is 5.69 Å². The maximum Gasteiger partial charge on any atom is 0.152 e. The molecule has 0 unspecified atom stereocenters. The predicted molar refractivity (Wildman–Crippen MR) is 34.1 cm³/mol. The van der Waals surface area contributed by atoms with Crippen LogP contribution in [-0.2, 0) is 0 Å². The minimum Gasteiger partial charge on any atom is -0.397 e. The van der Waals surface area contributed by atoms with Crippen molar-refractivity contribution in [1.82, 2.24) is 0 Å². The highest BCUT2D eigenvalue weighted by Crippen LogP contribution is 2.13. The molecule has 0 aliphatic rings. The number of nitrogens with two attached hydrogens (primary N) is 1. The van der Waals surface area contributed by atoms with Gasteiger partial charge < -0.3 is 5.73 Å². The summed E-state index contributed by atoms with van der Waals surface area (Å²) >= 11 is 1.43. The predicted octanol–water partition coefficient (Wildman–Crippen LogP) is 1.14. The van der Waals surface area contributed by atoms with Crippen LogP contribution in [0.25, 0.3) is 0 Å². The minimum atomic E-state index is 0.574. The lowest BCUT2D eigenvalue weighted by Gasteiger charge is -1.80. The Balaban J connectivity index is 3.09. The van der Waals surface area contributed by atoms with Crippen LogP contribution < -0.4 is 5.73 Å². The van der Waals surface area contributed by atoms with Crippen LogP contribution in [-0.4, -0.2) is 6.29 Å². The number of rotatable bonds is 1. The SMILES string of the molecule is Nc1cscc1C=O. The lowest BCUT2D eigenvalue weighted by molar-refractivity contribution is 0.112. The molecule has 0 amide bonds. The van der Waals surface area contributed by atoms with Gasteiger partial charge in [0.1, 0.15) is 0 Å². The van der Waals surface area contributed by atoms with Crippen LogP contribution in [0.1, 0.15) is 10.4 Å². The van der Waals surface area contributed by atoms with Crippen LogP contribution in [0.3, 0.4) is 0 Å². The normalized spacial score (nSPS) is 9.00. The molecule has 0 radical (unpaired) electrons. The second kappa shape index (κ2) is 1.96. The van der Waals surface area contributed by atoms with Crippen LogP contribution in [0.5, 0.6) is 0 Å². The van der Waals surface area contributed by atoms with Crippen molar-refractivity contribution in [2.45, 2.75) is 0 Å². The largest absolute Gasteiger partial charge is 0.397 e. The molecule has 8 heavy (non-hydrogen) atoms. The lowest BCUT2D eigenvalue weighted by atomic mass is 10.3. The van der Waals surface area contributed by atoms with E-state index in [1.165, 1.54) is 11.3 Å². The molecule has 0 saturated carbocycles. The first-order valence-electron chi connectivity index (χ1n) is 2.11. The first-order valence-corrected chi connectivity index (χ1v) is 3.05. The molecule has 1 aromatic heterocycles. The van der Waals surface area contributed by atoms with Gasteiger partial charge in [-0.25, -0.2) is 0 Å². The van der Waals surface area contributed by atoms with Crippen molar-refractivity contribution in [1.29, 1.82) is 0 Å². The molecule has 0 spiro atoms. The minimum absolute atomic E-state index is 0.574. The third-order valence-corrected chi connectivity index (χ3v) is 1.63. The number of anilines is 1. The van der Waals surface area contributed by atoms with Crippen molar-refractivity contribution in [3.63, 3.8) is 0 Å². The van der Waals surface area contributed by atoms with Crippen LogP contribution in [0, 0.1) is 0 Å². The number of hydrogen-bond acceptors (Lipinski definition) is 3. The van der Waals surface area contributed by atoms with Crippen molar-refractivity contribution >= 4 is 23.3 Å². The maximum atomic E-state index is 10.0. The van der Waals surface area contributed by atoms with Crippen molar-refractivity contribution in [2.75, 3.05) is 5.73 Å². The van der Waals surface area contributed by atoms with Crippen molar-refractivity contribution in [3.8, 4) is 0 Å². The molecule has 2 nitrogen and oxygen atoms in total. The fourth-order valence-corrected chi connectivity index (χ4v) is 1.10. The molecule has 0 bridgehead atoms. The van der Waals surface area contributed by atoms with Gasteiger partial charge >= 0.3 is 0 Å². The Morgan fingerprint density at radius 3 is 2.62 bits per heavy atom. The summed E-state index contributed by atoms with van der Waals surface area (Å²) in [5.74, 6) is 0. The zero-order valence-electron chi connectivity index (χ0n) is 4.13. The van der Waals surface area contributed by atoms with E-state index in [1.807, 2.05) is 0 Å². The molecule has 1 rings (SSSR count). The van der Waals surface area contributed by atoms with Gasteiger partial charge in [-0.05, 0) is 0 Å². The van der Waals surface area contributed by atoms with E-state index < -0.39 is 0 Å². The third-order valence-electron chi connectivity index (χ3n) is 0.850. The zero-order chi connectivity index (χ0) is 5.98. The lowest BCUT2D eigenvalue weighted by Crippen LogP contribution is -1.84. The summed E-state index contributed by atoms with van der Waals surface area (Å²) in [6, 6.07) is 0. The molecule has 1 aromatic rings. The zero-order valence-corrected chi connectivity index (χ0v) is 4.94. The summed E-state index contributed by atoms with van der Waals surface area (Å²) < 4.78 is 0. The molecule has 0 aromatic carbocycles. The highest BCUT2D eigenvalue weighted by Gasteiger charge is 1.93. The van der Waals surface area contributed by atoms with Crippen molar-refractivity contribution < 1.29 is 4.79 Å². The third kappa shape index (κ3) is 0.721. The summed E-state index contributed by atoms with van der Waals surface area (Å²) in [6.45, 7) is 0. The van der Waals surface area contributed by atoms with Gasteiger partial charge in [0, 0.05) is 16.3 Å². The average molecular weight is 127 g/mol. The molecule has 0 saturated heterocycles. The Labute approximate surface area is 50.9 Å². The Morgan fingerprint density at radius 2 is 2.38 bits per heavy atom. The van der Waals surface area contributed by atoms with Crippen molar-refractivity contribution in [2.24, 2.45) is 0 Å². The number of aldehydes is 1. The molecule has 0 aliphatic heterocycles. The molecule has 0 aliphatic carbocycles. The first-order chi connectivity index (χ1) is 3.84.